The van der Waals surface area contributed by atoms with Gasteiger partial charge < -0.3 is 15.6 Å². The highest BCUT2D eigenvalue weighted by atomic mass is 16.5. The standard InChI is InChI=1S/C16H22N4O2/c1-16(2,3)15-19-14(22-20-15)10-6-9-13(21)18-12-8-5-4-7-11(12)17/h4-5,7-8H,6,9-10,17H2,1-3H3,(H,18,21). The Balaban J connectivity index is 1.80. The summed E-state index contributed by atoms with van der Waals surface area (Å²) in [5, 5.41) is 6.76. The van der Waals surface area contributed by atoms with Crippen molar-refractivity contribution in [3.05, 3.63) is 36.0 Å². The summed E-state index contributed by atoms with van der Waals surface area (Å²) in [5.74, 6) is 1.18. The molecule has 0 fully saturated rings. The van der Waals surface area contributed by atoms with Crippen LogP contribution in [0.15, 0.2) is 28.8 Å². The van der Waals surface area contributed by atoms with E-state index in [1.165, 1.54) is 0 Å². The van der Waals surface area contributed by atoms with Gasteiger partial charge in [-0.2, -0.15) is 4.98 Å². The van der Waals surface area contributed by atoms with Crippen molar-refractivity contribution in [3.63, 3.8) is 0 Å². The van der Waals surface area contributed by atoms with E-state index in [-0.39, 0.29) is 11.3 Å². The van der Waals surface area contributed by atoms with Crippen molar-refractivity contribution in [2.45, 2.75) is 45.4 Å². The number of hydrogen-bond donors (Lipinski definition) is 2. The zero-order valence-electron chi connectivity index (χ0n) is 13.2. The molecule has 0 aliphatic carbocycles. The van der Waals surface area contributed by atoms with E-state index < -0.39 is 0 Å². The van der Waals surface area contributed by atoms with Crippen molar-refractivity contribution in [1.29, 1.82) is 0 Å². The molecule has 0 spiro atoms. The van der Waals surface area contributed by atoms with Crippen LogP contribution in [0.5, 0.6) is 0 Å². The number of nitrogen functional groups attached to an aromatic ring is 1. The van der Waals surface area contributed by atoms with Gasteiger partial charge in [0.15, 0.2) is 5.82 Å². The second-order valence-corrected chi connectivity index (χ2v) is 6.25. The molecule has 2 aromatic rings. The van der Waals surface area contributed by atoms with E-state index in [0.29, 0.717) is 42.4 Å². The second-order valence-electron chi connectivity index (χ2n) is 6.25. The average molecular weight is 302 g/mol. The van der Waals surface area contributed by atoms with Gasteiger partial charge in [0.25, 0.3) is 0 Å². The molecule has 1 amide bonds. The zero-order valence-corrected chi connectivity index (χ0v) is 13.2. The molecule has 1 aromatic heterocycles. The molecule has 0 aliphatic heterocycles. The molecule has 0 bridgehead atoms. The Morgan fingerprint density at radius 2 is 2.05 bits per heavy atom. The van der Waals surface area contributed by atoms with Crippen molar-refractivity contribution >= 4 is 17.3 Å². The number of benzene rings is 1. The van der Waals surface area contributed by atoms with Gasteiger partial charge in [-0.25, -0.2) is 0 Å². The molecule has 0 saturated carbocycles. The average Bonchev–Trinajstić information content (AvgIpc) is 2.90. The normalized spacial score (nSPS) is 11.4. The van der Waals surface area contributed by atoms with Gasteiger partial charge in [-0.15, -0.1) is 0 Å². The van der Waals surface area contributed by atoms with Gasteiger partial charge in [-0.05, 0) is 18.6 Å². The summed E-state index contributed by atoms with van der Waals surface area (Å²) in [7, 11) is 0. The number of carbonyl (C=O) groups excluding carboxylic acids is 1. The predicted octanol–water partition coefficient (Wildman–Crippen LogP) is 2.91. The number of carbonyl (C=O) groups is 1. The minimum absolute atomic E-state index is 0.0755. The summed E-state index contributed by atoms with van der Waals surface area (Å²) in [6, 6.07) is 7.19. The number of amides is 1. The van der Waals surface area contributed by atoms with Crippen LogP contribution in [0.1, 0.15) is 45.3 Å². The first-order valence-corrected chi connectivity index (χ1v) is 7.33. The minimum atomic E-state index is -0.135. The fourth-order valence-corrected chi connectivity index (χ4v) is 1.88. The van der Waals surface area contributed by atoms with Crippen molar-refractivity contribution in [3.8, 4) is 0 Å². The molecule has 1 heterocycles. The topological polar surface area (TPSA) is 94.0 Å². The number of anilines is 2. The van der Waals surface area contributed by atoms with Crippen molar-refractivity contribution in [1.82, 2.24) is 10.1 Å². The van der Waals surface area contributed by atoms with E-state index in [1.807, 2.05) is 32.9 Å². The molecule has 0 unspecified atom stereocenters. The van der Waals surface area contributed by atoms with Crippen LogP contribution in [0.3, 0.4) is 0 Å². The molecular weight excluding hydrogens is 280 g/mol. The monoisotopic (exact) mass is 302 g/mol. The van der Waals surface area contributed by atoms with Crippen LogP contribution >= 0.6 is 0 Å². The van der Waals surface area contributed by atoms with Gasteiger partial charge in [0, 0.05) is 18.3 Å². The number of aryl methyl sites for hydroxylation is 1. The first-order chi connectivity index (χ1) is 10.4. The third kappa shape index (κ3) is 4.31. The van der Waals surface area contributed by atoms with Crippen LogP contribution in [0.4, 0.5) is 11.4 Å². The molecule has 6 heteroatoms. The lowest BCUT2D eigenvalue weighted by molar-refractivity contribution is -0.116. The molecule has 0 aliphatic rings. The Kier molecular flexibility index (Phi) is 4.80. The molecule has 3 N–H and O–H groups in total. The van der Waals surface area contributed by atoms with Gasteiger partial charge in [-0.1, -0.05) is 38.1 Å². The van der Waals surface area contributed by atoms with Gasteiger partial charge in [-0.3, -0.25) is 4.79 Å². The molecule has 0 saturated heterocycles. The number of aromatic nitrogens is 2. The van der Waals surface area contributed by atoms with E-state index in [9.17, 15) is 4.79 Å². The Labute approximate surface area is 130 Å². The summed E-state index contributed by atoms with van der Waals surface area (Å²) in [4.78, 5) is 16.2. The molecule has 0 radical (unpaired) electrons. The quantitative estimate of drug-likeness (QED) is 0.828. The van der Waals surface area contributed by atoms with Gasteiger partial charge in [0.1, 0.15) is 0 Å². The number of para-hydroxylation sites is 2. The van der Waals surface area contributed by atoms with Crippen LogP contribution in [0.25, 0.3) is 0 Å². The van der Waals surface area contributed by atoms with Gasteiger partial charge >= 0.3 is 0 Å². The smallest absolute Gasteiger partial charge is 0.226 e. The van der Waals surface area contributed by atoms with E-state index in [4.69, 9.17) is 10.3 Å². The summed E-state index contributed by atoms with van der Waals surface area (Å²) in [5.41, 5.74) is 6.85. The number of nitrogens with two attached hydrogens (primary N) is 1. The van der Waals surface area contributed by atoms with Crippen LogP contribution in [0.2, 0.25) is 0 Å². The first-order valence-electron chi connectivity index (χ1n) is 7.33. The molecule has 22 heavy (non-hydrogen) atoms. The lowest BCUT2D eigenvalue weighted by Gasteiger charge is -2.10. The zero-order chi connectivity index (χ0) is 16.2. The number of hydrogen-bond acceptors (Lipinski definition) is 5. The fourth-order valence-electron chi connectivity index (χ4n) is 1.88. The van der Waals surface area contributed by atoms with Crippen molar-refractivity contribution in [2.75, 3.05) is 11.1 Å². The molecule has 0 atom stereocenters. The van der Waals surface area contributed by atoms with Gasteiger partial charge in [0.05, 0.1) is 11.4 Å². The molecule has 118 valence electrons. The first kappa shape index (κ1) is 16.0. The number of nitrogens with zero attached hydrogens (tertiary/aromatic N) is 2. The number of nitrogens with one attached hydrogen (secondary N) is 1. The molecule has 1 aromatic carbocycles. The molecular formula is C16H22N4O2. The van der Waals surface area contributed by atoms with E-state index in [2.05, 4.69) is 15.5 Å². The van der Waals surface area contributed by atoms with Crippen molar-refractivity contribution in [2.24, 2.45) is 0 Å². The second kappa shape index (κ2) is 6.60. The van der Waals surface area contributed by atoms with Crippen molar-refractivity contribution < 1.29 is 9.32 Å². The predicted molar refractivity (Wildman–Crippen MR) is 85.4 cm³/mol. The van der Waals surface area contributed by atoms with E-state index >= 15 is 0 Å². The lowest BCUT2D eigenvalue weighted by atomic mass is 9.96. The number of rotatable bonds is 5. The largest absolute Gasteiger partial charge is 0.397 e. The lowest BCUT2D eigenvalue weighted by Crippen LogP contribution is -2.13. The minimum Gasteiger partial charge on any atom is -0.397 e. The maximum Gasteiger partial charge on any atom is 0.226 e. The third-order valence-corrected chi connectivity index (χ3v) is 3.17. The van der Waals surface area contributed by atoms with Gasteiger partial charge in [0.2, 0.25) is 11.8 Å². The highest BCUT2D eigenvalue weighted by Gasteiger charge is 2.20. The molecule has 2 rings (SSSR count). The SMILES string of the molecule is CC(C)(C)c1noc(CCCC(=O)Nc2ccccc2N)n1. The molecule has 6 nitrogen and oxygen atoms in total. The maximum absolute atomic E-state index is 11.9. The van der Waals surface area contributed by atoms with Crippen LogP contribution in [-0.2, 0) is 16.6 Å². The van der Waals surface area contributed by atoms with E-state index in [1.54, 1.807) is 12.1 Å². The fraction of sp³-hybridized carbons (Fsp3) is 0.438. The highest BCUT2D eigenvalue weighted by Crippen LogP contribution is 2.19. The summed E-state index contributed by atoms with van der Waals surface area (Å²) >= 11 is 0. The Bertz CT molecular complexity index is 644. The van der Waals surface area contributed by atoms with Crippen LogP contribution in [-0.4, -0.2) is 16.0 Å². The summed E-state index contributed by atoms with van der Waals surface area (Å²) < 4.78 is 5.20. The maximum atomic E-state index is 11.9. The Hall–Kier alpha value is -2.37. The Morgan fingerprint density at radius 1 is 1.32 bits per heavy atom. The highest BCUT2D eigenvalue weighted by molar-refractivity contribution is 5.93. The summed E-state index contributed by atoms with van der Waals surface area (Å²) in [6.45, 7) is 6.08. The Morgan fingerprint density at radius 3 is 2.68 bits per heavy atom. The summed E-state index contributed by atoms with van der Waals surface area (Å²) in [6.07, 6.45) is 1.60. The van der Waals surface area contributed by atoms with Crippen LogP contribution in [0, 0.1) is 0 Å². The van der Waals surface area contributed by atoms with E-state index in [0.717, 1.165) is 0 Å². The van der Waals surface area contributed by atoms with Crippen LogP contribution < -0.4 is 11.1 Å². The third-order valence-electron chi connectivity index (χ3n) is 3.17.